The van der Waals surface area contributed by atoms with Crippen molar-refractivity contribution in [3.8, 4) is 17.4 Å². The van der Waals surface area contributed by atoms with Gasteiger partial charge in [0.1, 0.15) is 17.3 Å². The van der Waals surface area contributed by atoms with Crippen molar-refractivity contribution in [1.82, 2.24) is 14.9 Å². The van der Waals surface area contributed by atoms with Crippen molar-refractivity contribution in [3.05, 3.63) is 102 Å². The predicted octanol–water partition coefficient (Wildman–Crippen LogP) is 5.90. The van der Waals surface area contributed by atoms with E-state index in [-0.39, 0.29) is 6.42 Å². The summed E-state index contributed by atoms with van der Waals surface area (Å²) in [4.78, 5) is 28.7. The van der Waals surface area contributed by atoms with Crippen LogP contribution in [0, 0.1) is 0 Å². The number of benzene rings is 3. The molecule has 0 amide bonds. The second kappa shape index (κ2) is 14.2. The molecule has 1 saturated heterocycles. The molecule has 1 N–H and O–H groups in total. The molecule has 0 radical (unpaired) electrons. The molecule has 9 nitrogen and oxygen atoms in total. The Balaban J connectivity index is 1.29. The van der Waals surface area contributed by atoms with Crippen LogP contribution in [-0.2, 0) is 17.8 Å². The fraction of sp³-hybridized carbons (Fsp3) is 0.343. The number of hydrogen-bond acceptors (Lipinski definition) is 8. The Morgan fingerprint density at radius 3 is 2.09 bits per heavy atom. The van der Waals surface area contributed by atoms with Crippen LogP contribution in [0.15, 0.2) is 91.0 Å². The number of carboxylic acids is 1. The average molecular weight is 596 g/mol. The number of rotatable bonds is 13. The van der Waals surface area contributed by atoms with Crippen LogP contribution in [0.25, 0.3) is 0 Å². The minimum atomic E-state index is -1.42. The molecular weight excluding hydrogens is 554 g/mol. The van der Waals surface area contributed by atoms with Crippen LogP contribution in [0.1, 0.15) is 31.9 Å². The van der Waals surface area contributed by atoms with Gasteiger partial charge in [0, 0.05) is 58.3 Å². The van der Waals surface area contributed by atoms with Gasteiger partial charge in [0.2, 0.25) is 17.4 Å². The summed E-state index contributed by atoms with van der Waals surface area (Å²) >= 11 is 0. The number of carbonyl (C=O) groups is 1. The van der Waals surface area contributed by atoms with E-state index in [0.717, 1.165) is 57.2 Å². The van der Waals surface area contributed by atoms with Crippen LogP contribution >= 0.6 is 0 Å². The van der Waals surface area contributed by atoms with Gasteiger partial charge in [0.05, 0.1) is 0 Å². The summed E-state index contributed by atoms with van der Waals surface area (Å²) in [7, 11) is 0. The van der Waals surface area contributed by atoms with Crippen LogP contribution in [0.4, 0.5) is 11.8 Å². The molecule has 230 valence electrons. The number of para-hydroxylation sites is 1. The van der Waals surface area contributed by atoms with Crippen molar-refractivity contribution >= 4 is 17.7 Å². The summed E-state index contributed by atoms with van der Waals surface area (Å²) in [5, 5.41) is 9.96. The molecule has 1 fully saturated rings. The van der Waals surface area contributed by atoms with Gasteiger partial charge in [-0.3, -0.25) is 4.90 Å². The van der Waals surface area contributed by atoms with Gasteiger partial charge in [-0.15, -0.1) is 0 Å². The minimum Gasteiger partial charge on any atom is -0.478 e. The van der Waals surface area contributed by atoms with Gasteiger partial charge in [0.15, 0.2) is 0 Å². The normalized spacial score (nSPS) is 14.9. The number of carboxylic acid groups (broad SMARTS) is 1. The fourth-order valence-corrected chi connectivity index (χ4v) is 5.33. The zero-order chi connectivity index (χ0) is 30.9. The van der Waals surface area contributed by atoms with Gasteiger partial charge in [-0.05, 0) is 56.2 Å². The summed E-state index contributed by atoms with van der Waals surface area (Å²) in [6.07, 6.45) is 0.192. The van der Waals surface area contributed by atoms with E-state index in [2.05, 4.69) is 58.9 Å². The highest BCUT2D eigenvalue weighted by Crippen LogP contribution is 2.29. The summed E-state index contributed by atoms with van der Waals surface area (Å²) < 4.78 is 12.2. The number of aromatic nitrogens is 2. The largest absolute Gasteiger partial charge is 0.478 e. The van der Waals surface area contributed by atoms with Crippen molar-refractivity contribution < 1.29 is 19.4 Å². The van der Waals surface area contributed by atoms with E-state index in [4.69, 9.17) is 19.4 Å². The molecule has 1 aliphatic heterocycles. The molecule has 44 heavy (non-hydrogen) atoms. The lowest BCUT2D eigenvalue weighted by atomic mass is 9.96. The molecule has 1 atom stereocenters. The van der Waals surface area contributed by atoms with E-state index < -0.39 is 11.6 Å². The van der Waals surface area contributed by atoms with E-state index in [1.54, 1.807) is 19.1 Å². The number of hydrogen-bond donors (Lipinski definition) is 1. The first kappa shape index (κ1) is 30.8. The van der Waals surface area contributed by atoms with Crippen LogP contribution in [0.3, 0.4) is 0 Å². The SMILES string of the molecule is CCN(CC)c1nc(Oc2ccc(CC(C)(Oc3ccccc3)C(=O)O)cc2)cc(N2CCN(Cc3ccccc3)CC2)n1. The Labute approximate surface area is 259 Å². The maximum Gasteiger partial charge on any atom is 0.348 e. The van der Waals surface area contributed by atoms with Crippen LogP contribution in [0.2, 0.25) is 0 Å². The first-order valence-corrected chi connectivity index (χ1v) is 15.2. The Bertz CT molecular complexity index is 1490. The Morgan fingerprint density at radius 2 is 1.48 bits per heavy atom. The van der Waals surface area contributed by atoms with Gasteiger partial charge in [-0.25, -0.2) is 4.79 Å². The van der Waals surface area contributed by atoms with E-state index in [1.165, 1.54) is 5.56 Å². The van der Waals surface area contributed by atoms with Gasteiger partial charge in [-0.1, -0.05) is 60.7 Å². The molecule has 1 unspecified atom stereocenters. The van der Waals surface area contributed by atoms with Crippen LogP contribution in [-0.4, -0.2) is 70.8 Å². The molecule has 4 aromatic rings. The zero-order valence-electron chi connectivity index (χ0n) is 25.7. The number of aliphatic carboxylic acids is 1. The number of piperazine rings is 1. The van der Waals surface area contributed by atoms with Gasteiger partial charge in [0.25, 0.3) is 0 Å². The summed E-state index contributed by atoms with van der Waals surface area (Å²) in [6, 6.07) is 28.9. The third kappa shape index (κ3) is 7.85. The van der Waals surface area contributed by atoms with Gasteiger partial charge >= 0.3 is 5.97 Å². The lowest BCUT2D eigenvalue weighted by Crippen LogP contribution is -2.46. The quantitative estimate of drug-likeness (QED) is 0.203. The second-order valence-electron chi connectivity index (χ2n) is 11.2. The molecule has 1 aliphatic rings. The monoisotopic (exact) mass is 595 g/mol. The maximum atomic E-state index is 12.2. The van der Waals surface area contributed by atoms with Gasteiger partial charge < -0.3 is 24.4 Å². The first-order valence-electron chi connectivity index (χ1n) is 15.2. The van der Waals surface area contributed by atoms with Crippen molar-refractivity contribution in [2.24, 2.45) is 0 Å². The highest BCUT2D eigenvalue weighted by molar-refractivity contribution is 5.78. The van der Waals surface area contributed by atoms with E-state index >= 15 is 0 Å². The highest BCUT2D eigenvalue weighted by Gasteiger charge is 2.36. The van der Waals surface area contributed by atoms with E-state index in [1.807, 2.05) is 48.5 Å². The summed E-state index contributed by atoms with van der Waals surface area (Å²) in [6.45, 7) is 11.9. The Hall–Kier alpha value is -4.63. The summed E-state index contributed by atoms with van der Waals surface area (Å²) in [5.41, 5.74) is 0.721. The smallest absolute Gasteiger partial charge is 0.348 e. The van der Waals surface area contributed by atoms with E-state index in [9.17, 15) is 9.90 Å². The molecule has 0 spiro atoms. The van der Waals surface area contributed by atoms with E-state index in [0.29, 0.717) is 23.3 Å². The third-order valence-corrected chi connectivity index (χ3v) is 7.89. The molecule has 0 aliphatic carbocycles. The zero-order valence-corrected chi connectivity index (χ0v) is 25.7. The molecule has 5 rings (SSSR count). The molecule has 0 bridgehead atoms. The fourth-order valence-electron chi connectivity index (χ4n) is 5.33. The lowest BCUT2D eigenvalue weighted by molar-refractivity contribution is -0.153. The van der Waals surface area contributed by atoms with Crippen LogP contribution in [0.5, 0.6) is 17.4 Å². The first-order chi connectivity index (χ1) is 21.3. The highest BCUT2D eigenvalue weighted by atomic mass is 16.5. The van der Waals surface area contributed by atoms with Gasteiger partial charge in [-0.2, -0.15) is 9.97 Å². The standard InChI is InChI=1S/C35H41N5O4/c1-4-39(5-2)34-36-31(40-22-20-38(21-23-40)26-28-12-8-6-9-13-28)24-32(37-34)43-29-18-16-27(17-19-29)25-35(3,33(41)42)44-30-14-10-7-11-15-30/h6-19,24H,4-5,20-23,25-26H2,1-3H3,(H,41,42). The molecule has 1 aromatic heterocycles. The van der Waals surface area contributed by atoms with Crippen molar-refractivity contribution in [2.45, 2.75) is 39.3 Å². The van der Waals surface area contributed by atoms with Crippen molar-refractivity contribution in [2.75, 3.05) is 49.1 Å². The molecule has 0 saturated carbocycles. The Kier molecular flexibility index (Phi) is 9.96. The molecule has 2 heterocycles. The number of nitrogens with zero attached hydrogens (tertiary/aromatic N) is 5. The Morgan fingerprint density at radius 1 is 0.841 bits per heavy atom. The number of anilines is 2. The summed E-state index contributed by atoms with van der Waals surface area (Å²) in [5.74, 6) is 2.06. The molecule has 9 heteroatoms. The third-order valence-electron chi connectivity index (χ3n) is 7.89. The van der Waals surface area contributed by atoms with Crippen LogP contribution < -0.4 is 19.3 Å². The van der Waals surface area contributed by atoms with Crippen molar-refractivity contribution in [3.63, 3.8) is 0 Å². The number of ether oxygens (including phenoxy) is 2. The predicted molar refractivity (Wildman–Crippen MR) is 173 cm³/mol. The topological polar surface area (TPSA) is 91.3 Å². The van der Waals surface area contributed by atoms with Crippen molar-refractivity contribution in [1.29, 1.82) is 0 Å². The molecular formula is C35H41N5O4. The second-order valence-corrected chi connectivity index (χ2v) is 11.2. The minimum absolute atomic E-state index is 0.192. The maximum absolute atomic E-state index is 12.2. The lowest BCUT2D eigenvalue weighted by Gasteiger charge is -2.35. The molecule has 3 aromatic carbocycles. The average Bonchev–Trinajstić information content (AvgIpc) is 3.04.